The molecule has 0 unspecified atom stereocenters. The number of fused-ring (bicyclic) bond motifs is 1. The fourth-order valence-corrected chi connectivity index (χ4v) is 5.30. The van der Waals surface area contributed by atoms with Crippen LogP contribution >= 0.6 is 11.6 Å². The van der Waals surface area contributed by atoms with E-state index in [0.717, 1.165) is 43.3 Å². The van der Waals surface area contributed by atoms with E-state index in [9.17, 15) is 4.79 Å². The molecule has 1 aliphatic heterocycles. The summed E-state index contributed by atoms with van der Waals surface area (Å²) < 4.78 is 13.5. The number of nitrogens with zero attached hydrogens (tertiary/aromatic N) is 4. The van der Waals surface area contributed by atoms with Crippen molar-refractivity contribution in [3.63, 3.8) is 0 Å². The van der Waals surface area contributed by atoms with Crippen LogP contribution in [-0.4, -0.2) is 51.8 Å². The average molecular weight is 469 g/mol. The third kappa shape index (κ3) is 4.44. The van der Waals surface area contributed by atoms with Crippen molar-refractivity contribution >= 4 is 22.5 Å². The molecule has 3 aromatic rings. The van der Waals surface area contributed by atoms with Gasteiger partial charge in [-0.1, -0.05) is 24.4 Å². The molecule has 33 heavy (non-hydrogen) atoms. The van der Waals surface area contributed by atoms with Crippen LogP contribution in [0.1, 0.15) is 38.5 Å². The molecule has 5 rings (SSSR count). The standard InChI is InChI=1S/C25H29ClN4O3/c1-29-24(28-21-15-27-23(26)14-20(21)25(29)31)19-8-7-18(13-22(19)32-2)33-17-9-11-30(12-10-17)16-5-3-4-6-16/h7-8,13-17H,3-6,9-12H2,1-2H3. The van der Waals surface area contributed by atoms with Gasteiger partial charge in [0, 0.05) is 32.2 Å². The van der Waals surface area contributed by atoms with Gasteiger partial charge in [0.2, 0.25) is 0 Å². The van der Waals surface area contributed by atoms with Crippen molar-refractivity contribution in [1.29, 1.82) is 0 Å². The van der Waals surface area contributed by atoms with Crippen LogP contribution in [0.25, 0.3) is 22.3 Å². The van der Waals surface area contributed by atoms with Gasteiger partial charge in [0.15, 0.2) is 0 Å². The Hall–Kier alpha value is -2.64. The summed E-state index contributed by atoms with van der Waals surface area (Å²) >= 11 is 5.96. The fraction of sp³-hybridized carbons (Fsp3) is 0.480. The molecule has 2 aromatic heterocycles. The Balaban J connectivity index is 1.36. The van der Waals surface area contributed by atoms with Gasteiger partial charge in [-0.3, -0.25) is 9.36 Å². The lowest BCUT2D eigenvalue weighted by Gasteiger charge is -2.36. The van der Waals surface area contributed by atoms with Gasteiger partial charge in [-0.25, -0.2) is 9.97 Å². The largest absolute Gasteiger partial charge is 0.496 e. The summed E-state index contributed by atoms with van der Waals surface area (Å²) in [5.74, 6) is 1.89. The first kappa shape index (κ1) is 22.2. The molecule has 174 valence electrons. The lowest BCUT2D eigenvalue weighted by molar-refractivity contribution is 0.0767. The number of benzene rings is 1. The molecule has 1 aliphatic carbocycles. The molecule has 0 radical (unpaired) electrons. The van der Waals surface area contributed by atoms with E-state index in [-0.39, 0.29) is 16.8 Å². The number of likely N-dealkylation sites (tertiary alicyclic amines) is 1. The van der Waals surface area contributed by atoms with E-state index >= 15 is 0 Å². The molecule has 3 heterocycles. The van der Waals surface area contributed by atoms with Gasteiger partial charge in [-0.2, -0.15) is 0 Å². The van der Waals surface area contributed by atoms with Gasteiger partial charge in [0.05, 0.1) is 29.8 Å². The molecular weight excluding hydrogens is 440 g/mol. The maximum Gasteiger partial charge on any atom is 0.261 e. The summed E-state index contributed by atoms with van der Waals surface area (Å²) in [4.78, 5) is 24.3. The summed E-state index contributed by atoms with van der Waals surface area (Å²) in [6.07, 6.45) is 9.23. The number of aromatic nitrogens is 3. The number of hydrogen-bond donors (Lipinski definition) is 0. The van der Waals surface area contributed by atoms with Crippen molar-refractivity contribution in [2.45, 2.75) is 50.7 Å². The first-order chi connectivity index (χ1) is 16.0. The van der Waals surface area contributed by atoms with Gasteiger partial charge < -0.3 is 14.4 Å². The molecule has 1 saturated heterocycles. The molecule has 8 heteroatoms. The monoisotopic (exact) mass is 468 g/mol. The highest BCUT2D eigenvalue weighted by molar-refractivity contribution is 6.30. The maximum atomic E-state index is 12.9. The summed E-state index contributed by atoms with van der Waals surface area (Å²) in [7, 11) is 3.31. The van der Waals surface area contributed by atoms with Crippen LogP contribution in [-0.2, 0) is 7.05 Å². The maximum absolute atomic E-state index is 12.9. The molecule has 2 aliphatic rings. The normalized spacial score (nSPS) is 18.2. The zero-order valence-corrected chi connectivity index (χ0v) is 19.8. The minimum Gasteiger partial charge on any atom is -0.496 e. The molecule has 2 fully saturated rings. The van der Waals surface area contributed by atoms with Gasteiger partial charge in [-0.05, 0) is 43.9 Å². The number of piperidine rings is 1. The quantitative estimate of drug-likeness (QED) is 0.515. The third-order valence-electron chi connectivity index (χ3n) is 6.96. The molecule has 1 saturated carbocycles. The van der Waals surface area contributed by atoms with Crippen LogP contribution < -0.4 is 15.0 Å². The average Bonchev–Trinajstić information content (AvgIpc) is 3.37. The lowest BCUT2D eigenvalue weighted by Crippen LogP contribution is -2.43. The van der Waals surface area contributed by atoms with Gasteiger partial charge in [0.1, 0.15) is 28.6 Å². The third-order valence-corrected chi connectivity index (χ3v) is 7.17. The highest BCUT2D eigenvalue weighted by Gasteiger charge is 2.28. The van der Waals surface area contributed by atoms with Crippen LogP contribution in [0.4, 0.5) is 0 Å². The number of pyridine rings is 1. The number of halogens is 1. The second-order valence-electron chi connectivity index (χ2n) is 8.98. The Morgan fingerprint density at radius 2 is 1.85 bits per heavy atom. The highest BCUT2D eigenvalue weighted by Crippen LogP contribution is 2.34. The van der Waals surface area contributed by atoms with Crippen LogP contribution in [0.3, 0.4) is 0 Å². The van der Waals surface area contributed by atoms with E-state index in [1.807, 2.05) is 18.2 Å². The van der Waals surface area contributed by atoms with Crippen LogP contribution in [0.5, 0.6) is 11.5 Å². The summed E-state index contributed by atoms with van der Waals surface area (Å²) in [6.45, 7) is 2.21. The second-order valence-corrected chi connectivity index (χ2v) is 9.36. The SMILES string of the molecule is COc1cc(OC2CCN(C3CCCC3)CC2)ccc1-c1nc2cnc(Cl)cc2c(=O)n1C. The topological polar surface area (TPSA) is 69.5 Å². The van der Waals surface area contributed by atoms with E-state index < -0.39 is 0 Å². The Morgan fingerprint density at radius 3 is 2.58 bits per heavy atom. The molecule has 0 N–H and O–H groups in total. The number of methoxy groups -OCH3 is 1. The number of hydrogen-bond acceptors (Lipinski definition) is 6. The minimum atomic E-state index is -0.185. The second kappa shape index (κ2) is 9.31. The number of rotatable bonds is 5. The van der Waals surface area contributed by atoms with Crippen molar-refractivity contribution in [2.75, 3.05) is 20.2 Å². The Morgan fingerprint density at radius 1 is 1.09 bits per heavy atom. The zero-order chi connectivity index (χ0) is 22.9. The Bertz CT molecular complexity index is 1210. The molecule has 7 nitrogen and oxygen atoms in total. The summed E-state index contributed by atoms with van der Waals surface area (Å²) in [5, 5.41) is 0.700. The van der Waals surface area contributed by atoms with Crippen LogP contribution in [0, 0.1) is 0 Å². The molecule has 0 spiro atoms. The van der Waals surface area contributed by atoms with Crippen molar-refractivity contribution in [1.82, 2.24) is 19.4 Å². The van der Waals surface area contributed by atoms with E-state index in [1.54, 1.807) is 20.2 Å². The Labute approximate surface area is 198 Å². The van der Waals surface area contributed by atoms with Crippen molar-refractivity contribution in [2.24, 2.45) is 7.05 Å². The molecule has 0 atom stereocenters. The Kier molecular flexibility index (Phi) is 6.25. The smallest absolute Gasteiger partial charge is 0.261 e. The molecular formula is C25H29ClN4O3. The predicted molar refractivity (Wildman–Crippen MR) is 129 cm³/mol. The predicted octanol–water partition coefficient (Wildman–Crippen LogP) is 4.44. The van der Waals surface area contributed by atoms with Gasteiger partial charge in [0.25, 0.3) is 5.56 Å². The summed E-state index contributed by atoms with van der Waals surface area (Å²) in [6, 6.07) is 8.03. The van der Waals surface area contributed by atoms with Crippen LogP contribution in [0.2, 0.25) is 5.15 Å². The highest BCUT2D eigenvalue weighted by atomic mass is 35.5. The first-order valence-corrected chi connectivity index (χ1v) is 12.0. The lowest BCUT2D eigenvalue weighted by atomic mass is 10.0. The van der Waals surface area contributed by atoms with Crippen molar-refractivity contribution in [3.8, 4) is 22.9 Å². The fourth-order valence-electron chi connectivity index (χ4n) is 5.14. The molecule has 1 aromatic carbocycles. The van der Waals surface area contributed by atoms with E-state index in [0.29, 0.717) is 22.5 Å². The van der Waals surface area contributed by atoms with Gasteiger partial charge >= 0.3 is 0 Å². The summed E-state index contributed by atoms with van der Waals surface area (Å²) in [5.41, 5.74) is 1.03. The molecule has 0 amide bonds. The van der Waals surface area contributed by atoms with Gasteiger partial charge in [-0.15, -0.1) is 0 Å². The van der Waals surface area contributed by atoms with Crippen molar-refractivity contribution in [3.05, 3.63) is 46.0 Å². The molecule has 0 bridgehead atoms. The van der Waals surface area contributed by atoms with E-state index in [1.165, 1.54) is 36.4 Å². The van der Waals surface area contributed by atoms with E-state index in [2.05, 4.69) is 14.9 Å². The first-order valence-electron chi connectivity index (χ1n) is 11.6. The zero-order valence-electron chi connectivity index (χ0n) is 19.1. The van der Waals surface area contributed by atoms with Crippen LogP contribution in [0.15, 0.2) is 35.3 Å². The minimum absolute atomic E-state index is 0.185. The van der Waals surface area contributed by atoms with Crippen molar-refractivity contribution < 1.29 is 9.47 Å². The van der Waals surface area contributed by atoms with E-state index in [4.69, 9.17) is 21.1 Å². The number of ether oxygens (including phenoxy) is 2.